The van der Waals surface area contributed by atoms with Gasteiger partial charge in [0.25, 0.3) is 0 Å². The molecule has 120 valence electrons. The Morgan fingerprint density at radius 3 is 2.22 bits per heavy atom. The summed E-state index contributed by atoms with van der Waals surface area (Å²) in [6.45, 7) is 4.47. The third kappa shape index (κ3) is 4.50. The number of hydrogen-bond donors (Lipinski definition) is 0. The quantitative estimate of drug-likeness (QED) is 0.767. The van der Waals surface area contributed by atoms with Gasteiger partial charge in [0.05, 0.1) is 6.54 Å². The van der Waals surface area contributed by atoms with Crippen molar-refractivity contribution in [1.29, 1.82) is 0 Å². The number of hydrogen-bond acceptors (Lipinski definition) is 3. The van der Waals surface area contributed by atoms with E-state index in [1.54, 1.807) is 0 Å². The minimum Gasteiger partial charge on any atom is -0.302 e. The zero-order chi connectivity index (χ0) is 15.9. The lowest BCUT2D eigenvalue weighted by atomic mass is 10.0. The van der Waals surface area contributed by atoms with Gasteiger partial charge in [0, 0.05) is 32.2 Å². The summed E-state index contributed by atoms with van der Waals surface area (Å²) in [5, 5.41) is 0. The van der Waals surface area contributed by atoms with E-state index in [2.05, 4.69) is 70.5 Å². The number of rotatable bonds is 6. The molecule has 0 saturated carbocycles. The van der Waals surface area contributed by atoms with Crippen molar-refractivity contribution < 1.29 is 4.79 Å². The summed E-state index contributed by atoms with van der Waals surface area (Å²) in [6, 6.07) is 21.7. The van der Waals surface area contributed by atoms with Gasteiger partial charge in [-0.2, -0.15) is 0 Å². The van der Waals surface area contributed by atoms with Gasteiger partial charge in [0.15, 0.2) is 0 Å². The summed E-state index contributed by atoms with van der Waals surface area (Å²) < 4.78 is 0. The molecule has 1 atom stereocenters. The molecule has 3 heteroatoms. The average molecular weight is 308 g/mol. The van der Waals surface area contributed by atoms with Gasteiger partial charge in [-0.3, -0.25) is 9.80 Å². The first-order chi connectivity index (χ1) is 11.3. The van der Waals surface area contributed by atoms with E-state index < -0.39 is 0 Å². The lowest BCUT2D eigenvalue weighted by Crippen LogP contribution is -2.53. The molecule has 1 unspecified atom stereocenters. The molecule has 0 amide bonds. The van der Waals surface area contributed by atoms with Crippen LogP contribution in [0.3, 0.4) is 0 Å². The van der Waals surface area contributed by atoms with Crippen LogP contribution in [-0.4, -0.2) is 48.3 Å². The Bertz CT molecular complexity index is 600. The number of carbonyl (C=O) groups excluding carboxylic acids is 1. The SMILES string of the molecule is O=CCN1CCN(Cc2ccccc2)C(Cc2ccccc2)C1. The molecule has 0 aliphatic carbocycles. The third-order valence-electron chi connectivity index (χ3n) is 4.56. The molecule has 0 spiro atoms. The highest BCUT2D eigenvalue weighted by Gasteiger charge is 2.26. The standard InChI is InChI=1S/C20H24N2O/c23-14-13-21-11-12-22(16-19-9-5-2-6-10-19)20(17-21)15-18-7-3-1-4-8-18/h1-10,14,20H,11-13,15-17H2. The summed E-state index contributed by atoms with van der Waals surface area (Å²) in [5.74, 6) is 0. The molecule has 1 saturated heterocycles. The maximum atomic E-state index is 10.9. The molecule has 0 N–H and O–H groups in total. The van der Waals surface area contributed by atoms with Crippen molar-refractivity contribution in [3.63, 3.8) is 0 Å². The summed E-state index contributed by atoms with van der Waals surface area (Å²) in [4.78, 5) is 15.7. The lowest BCUT2D eigenvalue weighted by Gasteiger charge is -2.41. The molecule has 2 aromatic rings. The second-order valence-corrected chi connectivity index (χ2v) is 6.23. The van der Waals surface area contributed by atoms with Crippen molar-refractivity contribution in [2.24, 2.45) is 0 Å². The normalized spacial score (nSPS) is 19.6. The molecule has 0 radical (unpaired) electrons. The zero-order valence-corrected chi connectivity index (χ0v) is 13.5. The Kier molecular flexibility index (Phi) is 5.56. The van der Waals surface area contributed by atoms with Gasteiger partial charge in [-0.1, -0.05) is 60.7 Å². The molecule has 23 heavy (non-hydrogen) atoms. The van der Waals surface area contributed by atoms with Crippen LogP contribution in [0.1, 0.15) is 11.1 Å². The van der Waals surface area contributed by atoms with Crippen molar-refractivity contribution in [2.45, 2.75) is 19.0 Å². The molecular formula is C20H24N2O. The Morgan fingerprint density at radius 2 is 1.57 bits per heavy atom. The first-order valence-corrected chi connectivity index (χ1v) is 8.33. The third-order valence-corrected chi connectivity index (χ3v) is 4.56. The molecule has 3 nitrogen and oxygen atoms in total. The molecule has 3 rings (SSSR count). The molecule has 2 aromatic carbocycles. The average Bonchev–Trinajstić information content (AvgIpc) is 2.59. The zero-order valence-electron chi connectivity index (χ0n) is 13.5. The van der Waals surface area contributed by atoms with E-state index in [1.165, 1.54) is 11.1 Å². The van der Waals surface area contributed by atoms with Crippen molar-refractivity contribution in [3.05, 3.63) is 71.8 Å². The highest BCUT2D eigenvalue weighted by Crippen LogP contribution is 2.17. The summed E-state index contributed by atoms with van der Waals surface area (Å²) in [5.41, 5.74) is 2.72. The lowest BCUT2D eigenvalue weighted by molar-refractivity contribution is -0.109. The van der Waals surface area contributed by atoms with E-state index in [0.29, 0.717) is 12.6 Å². The second kappa shape index (κ2) is 8.04. The first-order valence-electron chi connectivity index (χ1n) is 8.33. The van der Waals surface area contributed by atoms with Crippen LogP contribution in [0.2, 0.25) is 0 Å². The summed E-state index contributed by atoms with van der Waals surface area (Å²) >= 11 is 0. The Morgan fingerprint density at radius 1 is 0.913 bits per heavy atom. The number of aldehydes is 1. The molecular weight excluding hydrogens is 284 g/mol. The summed E-state index contributed by atoms with van der Waals surface area (Å²) in [6.07, 6.45) is 2.05. The molecule has 1 fully saturated rings. The maximum absolute atomic E-state index is 10.9. The van der Waals surface area contributed by atoms with Crippen LogP contribution in [0.4, 0.5) is 0 Å². The highest BCUT2D eigenvalue weighted by molar-refractivity contribution is 5.52. The van der Waals surface area contributed by atoms with Crippen LogP contribution in [0.15, 0.2) is 60.7 Å². The Hall–Kier alpha value is -1.97. The first kappa shape index (κ1) is 15.9. The predicted molar refractivity (Wildman–Crippen MR) is 93.3 cm³/mol. The molecule has 1 aliphatic heterocycles. The largest absolute Gasteiger partial charge is 0.302 e. The van der Waals surface area contributed by atoms with Gasteiger partial charge in [0.1, 0.15) is 6.29 Å². The van der Waals surface area contributed by atoms with Gasteiger partial charge in [-0.05, 0) is 17.5 Å². The van der Waals surface area contributed by atoms with E-state index >= 15 is 0 Å². The number of piperazine rings is 1. The smallest absolute Gasteiger partial charge is 0.133 e. The molecule has 0 aromatic heterocycles. The predicted octanol–water partition coefficient (Wildman–Crippen LogP) is 2.61. The number of nitrogens with zero attached hydrogens (tertiary/aromatic N) is 2. The van der Waals surface area contributed by atoms with Crippen molar-refractivity contribution in [1.82, 2.24) is 9.80 Å². The van der Waals surface area contributed by atoms with Crippen LogP contribution >= 0.6 is 0 Å². The van der Waals surface area contributed by atoms with Crippen LogP contribution in [0.5, 0.6) is 0 Å². The molecule has 1 aliphatic rings. The van der Waals surface area contributed by atoms with Gasteiger partial charge in [-0.25, -0.2) is 0 Å². The van der Waals surface area contributed by atoms with E-state index in [4.69, 9.17) is 0 Å². The van der Waals surface area contributed by atoms with Crippen molar-refractivity contribution in [3.8, 4) is 0 Å². The maximum Gasteiger partial charge on any atom is 0.133 e. The van der Waals surface area contributed by atoms with E-state index in [0.717, 1.165) is 38.9 Å². The number of carbonyl (C=O) groups is 1. The van der Waals surface area contributed by atoms with E-state index in [1.807, 2.05) is 0 Å². The fourth-order valence-corrected chi connectivity index (χ4v) is 3.33. The van der Waals surface area contributed by atoms with E-state index in [-0.39, 0.29) is 0 Å². The van der Waals surface area contributed by atoms with Crippen LogP contribution in [0, 0.1) is 0 Å². The van der Waals surface area contributed by atoms with Crippen molar-refractivity contribution in [2.75, 3.05) is 26.2 Å². The van der Waals surface area contributed by atoms with Gasteiger partial charge in [0.2, 0.25) is 0 Å². The van der Waals surface area contributed by atoms with E-state index in [9.17, 15) is 4.79 Å². The second-order valence-electron chi connectivity index (χ2n) is 6.23. The fourth-order valence-electron chi connectivity index (χ4n) is 3.33. The van der Waals surface area contributed by atoms with Gasteiger partial charge < -0.3 is 4.79 Å². The Labute approximate surface area is 138 Å². The van der Waals surface area contributed by atoms with Crippen LogP contribution in [-0.2, 0) is 17.8 Å². The highest BCUT2D eigenvalue weighted by atomic mass is 16.1. The summed E-state index contributed by atoms with van der Waals surface area (Å²) in [7, 11) is 0. The number of benzene rings is 2. The minimum atomic E-state index is 0.450. The van der Waals surface area contributed by atoms with Gasteiger partial charge >= 0.3 is 0 Å². The van der Waals surface area contributed by atoms with Crippen LogP contribution in [0.25, 0.3) is 0 Å². The topological polar surface area (TPSA) is 23.6 Å². The monoisotopic (exact) mass is 308 g/mol. The van der Waals surface area contributed by atoms with Gasteiger partial charge in [-0.15, -0.1) is 0 Å². The molecule has 0 bridgehead atoms. The minimum absolute atomic E-state index is 0.450. The van der Waals surface area contributed by atoms with Crippen LogP contribution < -0.4 is 0 Å². The molecule has 1 heterocycles. The Balaban J connectivity index is 1.71. The fraction of sp³-hybridized carbons (Fsp3) is 0.350. The van der Waals surface area contributed by atoms with Crippen molar-refractivity contribution >= 4 is 6.29 Å².